The molecule has 3 N–H and O–H groups in total. The molecule has 1 aliphatic rings. The van der Waals surface area contributed by atoms with Crippen molar-refractivity contribution in [3.63, 3.8) is 0 Å². The molecule has 0 fully saturated rings. The molecule has 2 atom stereocenters. The molecule has 5 heteroatoms. The van der Waals surface area contributed by atoms with Gasteiger partial charge in [0.2, 0.25) is 0 Å². The van der Waals surface area contributed by atoms with E-state index in [1.165, 1.54) is 6.08 Å². The second-order valence-corrected chi connectivity index (χ2v) is 5.69. The SMILES string of the molecule is CC1(Br)C=C(Br)C=C(C(=O)O)C1N. The molecule has 1 rings (SSSR count). The molecule has 0 aromatic heterocycles. The van der Waals surface area contributed by atoms with Gasteiger partial charge in [0.05, 0.1) is 15.9 Å². The highest BCUT2D eigenvalue weighted by atomic mass is 79.9. The van der Waals surface area contributed by atoms with E-state index in [-0.39, 0.29) is 5.57 Å². The van der Waals surface area contributed by atoms with Crippen molar-refractivity contribution in [1.82, 2.24) is 0 Å². The average Bonchev–Trinajstić information content (AvgIpc) is 1.95. The molecule has 1 aliphatic carbocycles. The highest BCUT2D eigenvalue weighted by molar-refractivity contribution is 9.12. The number of rotatable bonds is 1. The first kappa shape index (κ1) is 10.9. The molecule has 0 bridgehead atoms. The lowest BCUT2D eigenvalue weighted by molar-refractivity contribution is -0.133. The second-order valence-electron chi connectivity index (χ2n) is 3.06. The molecule has 0 saturated carbocycles. The van der Waals surface area contributed by atoms with Gasteiger partial charge in [0.1, 0.15) is 0 Å². The van der Waals surface area contributed by atoms with Crippen LogP contribution in [0.15, 0.2) is 22.2 Å². The van der Waals surface area contributed by atoms with Gasteiger partial charge in [-0.05, 0) is 13.0 Å². The molecule has 2 unspecified atom stereocenters. The van der Waals surface area contributed by atoms with Crippen LogP contribution in [0, 0.1) is 0 Å². The van der Waals surface area contributed by atoms with E-state index in [1.54, 1.807) is 0 Å². The number of carboxylic acids is 1. The van der Waals surface area contributed by atoms with E-state index in [1.807, 2.05) is 13.0 Å². The Balaban J connectivity index is 3.12. The molecular formula is C8H9Br2NO2. The van der Waals surface area contributed by atoms with Crippen molar-refractivity contribution in [2.75, 3.05) is 0 Å². The largest absolute Gasteiger partial charge is 0.478 e. The van der Waals surface area contributed by atoms with Gasteiger partial charge in [-0.25, -0.2) is 4.79 Å². The number of halogens is 2. The Bertz CT molecular complexity index is 307. The molecule has 0 aromatic carbocycles. The van der Waals surface area contributed by atoms with Crippen LogP contribution < -0.4 is 5.73 Å². The fourth-order valence-corrected chi connectivity index (χ4v) is 2.66. The Morgan fingerprint density at radius 3 is 2.77 bits per heavy atom. The molecule has 0 spiro atoms. The first-order valence-electron chi connectivity index (χ1n) is 3.62. The van der Waals surface area contributed by atoms with E-state index in [0.29, 0.717) is 0 Å². The van der Waals surface area contributed by atoms with E-state index in [0.717, 1.165) is 4.48 Å². The summed E-state index contributed by atoms with van der Waals surface area (Å²) in [7, 11) is 0. The van der Waals surface area contributed by atoms with Crippen LogP contribution in [0.4, 0.5) is 0 Å². The maximum Gasteiger partial charge on any atom is 0.333 e. The number of nitrogens with two attached hydrogens (primary N) is 1. The van der Waals surface area contributed by atoms with E-state index < -0.39 is 16.3 Å². The Morgan fingerprint density at radius 1 is 1.77 bits per heavy atom. The Labute approximate surface area is 92.9 Å². The average molecular weight is 311 g/mol. The van der Waals surface area contributed by atoms with Crippen LogP contribution in [0.1, 0.15) is 6.92 Å². The highest BCUT2D eigenvalue weighted by Crippen LogP contribution is 2.34. The molecule has 13 heavy (non-hydrogen) atoms. The topological polar surface area (TPSA) is 63.3 Å². The number of carboxylic acid groups (broad SMARTS) is 1. The molecule has 72 valence electrons. The van der Waals surface area contributed by atoms with Crippen molar-refractivity contribution in [3.05, 3.63) is 22.2 Å². The third-order valence-electron chi connectivity index (χ3n) is 1.90. The van der Waals surface area contributed by atoms with Gasteiger partial charge in [-0.15, -0.1) is 0 Å². The van der Waals surface area contributed by atoms with Gasteiger partial charge in [0, 0.05) is 4.48 Å². The lowest BCUT2D eigenvalue weighted by Gasteiger charge is -2.30. The second kappa shape index (κ2) is 3.55. The van der Waals surface area contributed by atoms with Gasteiger partial charge >= 0.3 is 5.97 Å². The quantitative estimate of drug-likeness (QED) is 0.726. The van der Waals surface area contributed by atoms with Crippen LogP contribution in [0.2, 0.25) is 0 Å². The fraction of sp³-hybridized carbons (Fsp3) is 0.375. The minimum atomic E-state index is -0.983. The fourth-order valence-electron chi connectivity index (χ4n) is 1.14. The minimum Gasteiger partial charge on any atom is -0.478 e. The number of hydrogen-bond donors (Lipinski definition) is 2. The van der Waals surface area contributed by atoms with E-state index in [9.17, 15) is 4.79 Å². The van der Waals surface area contributed by atoms with Crippen LogP contribution in [-0.2, 0) is 4.79 Å². The van der Waals surface area contributed by atoms with Crippen LogP contribution in [0.3, 0.4) is 0 Å². The molecule has 0 aromatic rings. The third kappa shape index (κ3) is 2.21. The molecule has 0 saturated heterocycles. The van der Waals surface area contributed by atoms with Gasteiger partial charge in [0.15, 0.2) is 0 Å². The van der Waals surface area contributed by atoms with Gasteiger partial charge in [0.25, 0.3) is 0 Å². The summed E-state index contributed by atoms with van der Waals surface area (Å²) in [6.07, 6.45) is 3.36. The molecular weight excluding hydrogens is 302 g/mol. The van der Waals surface area contributed by atoms with E-state index in [4.69, 9.17) is 10.8 Å². The lowest BCUT2D eigenvalue weighted by atomic mass is 9.90. The van der Waals surface area contributed by atoms with Crippen molar-refractivity contribution in [1.29, 1.82) is 0 Å². The first-order valence-corrected chi connectivity index (χ1v) is 5.21. The Morgan fingerprint density at radius 2 is 2.31 bits per heavy atom. The van der Waals surface area contributed by atoms with E-state index in [2.05, 4.69) is 31.9 Å². The summed E-state index contributed by atoms with van der Waals surface area (Å²) in [4.78, 5) is 10.8. The van der Waals surface area contributed by atoms with Crippen molar-refractivity contribution in [2.24, 2.45) is 5.73 Å². The summed E-state index contributed by atoms with van der Waals surface area (Å²) in [6, 6.07) is -0.536. The lowest BCUT2D eigenvalue weighted by Crippen LogP contribution is -2.44. The van der Waals surface area contributed by atoms with Gasteiger partial charge in [-0.2, -0.15) is 0 Å². The number of allylic oxidation sites excluding steroid dienone is 2. The maximum absolute atomic E-state index is 10.8. The normalized spacial score (nSPS) is 33.7. The zero-order chi connectivity index (χ0) is 10.2. The predicted molar refractivity (Wildman–Crippen MR) is 58.0 cm³/mol. The molecule has 0 amide bonds. The predicted octanol–water partition coefficient (Wildman–Crippen LogP) is 1.77. The summed E-state index contributed by atoms with van der Waals surface area (Å²) in [5.74, 6) is -0.983. The van der Waals surface area contributed by atoms with Gasteiger partial charge in [-0.1, -0.05) is 37.9 Å². The van der Waals surface area contributed by atoms with Crippen molar-refractivity contribution in [3.8, 4) is 0 Å². The van der Waals surface area contributed by atoms with E-state index >= 15 is 0 Å². The smallest absolute Gasteiger partial charge is 0.333 e. The summed E-state index contributed by atoms with van der Waals surface area (Å²) in [5.41, 5.74) is 5.96. The number of carbonyl (C=O) groups is 1. The first-order chi connectivity index (χ1) is 5.84. The number of alkyl halides is 1. The zero-order valence-corrected chi connectivity index (χ0v) is 10.1. The summed E-state index contributed by atoms with van der Waals surface area (Å²) in [5, 5.41) is 8.84. The van der Waals surface area contributed by atoms with Crippen molar-refractivity contribution >= 4 is 37.8 Å². The Kier molecular flexibility index (Phi) is 2.99. The van der Waals surface area contributed by atoms with Crippen molar-refractivity contribution < 1.29 is 9.90 Å². The number of hydrogen-bond acceptors (Lipinski definition) is 2. The van der Waals surface area contributed by atoms with Gasteiger partial charge < -0.3 is 10.8 Å². The van der Waals surface area contributed by atoms with Crippen LogP contribution in [-0.4, -0.2) is 21.4 Å². The monoisotopic (exact) mass is 309 g/mol. The molecule has 0 radical (unpaired) electrons. The van der Waals surface area contributed by atoms with Crippen LogP contribution in [0.5, 0.6) is 0 Å². The van der Waals surface area contributed by atoms with Crippen LogP contribution >= 0.6 is 31.9 Å². The zero-order valence-electron chi connectivity index (χ0n) is 6.92. The van der Waals surface area contributed by atoms with Crippen LogP contribution in [0.25, 0.3) is 0 Å². The third-order valence-corrected chi connectivity index (χ3v) is 3.08. The summed E-state index contributed by atoms with van der Waals surface area (Å²) >= 11 is 6.61. The summed E-state index contributed by atoms with van der Waals surface area (Å²) in [6.45, 7) is 1.83. The standard InChI is InChI=1S/C8H9Br2NO2/c1-8(10)3-4(9)2-5(6(8)11)7(12)13/h2-3,6H,11H2,1H3,(H,12,13). The minimum absolute atomic E-state index is 0.203. The number of aliphatic carboxylic acids is 1. The maximum atomic E-state index is 10.8. The highest BCUT2D eigenvalue weighted by Gasteiger charge is 2.35. The summed E-state index contributed by atoms with van der Waals surface area (Å²) < 4.78 is 0.222. The molecule has 0 aliphatic heterocycles. The Hall–Kier alpha value is -0.130. The van der Waals surface area contributed by atoms with Gasteiger partial charge in [-0.3, -0.25) is 0 Å². The molecule has 0 heterocycles. The van der Waals surface area contributed by atoms with Crippen molar-refractivity contribution in [2.45, 2.75) is 17.3 Å². The molecule has 3 nitrogen and oxygen atoms in total.